The summed E-state index contributed by atoms with van der Waals surface area (Å²) < 4.78 is 5.71. The predicted molar refractivity (Wildman–Crippen MR) is 53.2 cm³/mol. The molecule has 2 rings (SSSR count). The summed E-state index contributed by atoms with van der Waals surface area (Å²) in [6, 6.07) is 0. The van der Waals surface area contributed by atoms with E-state index in [0.717, 1.165) is 12.4 Å². The van der Waals surface area contributed by atoms with E-state index in [1.165, 1.54) is 0 Å². The Hall–Kier alpha value is -1.75. The minimum absolute atomic E-state index is 0.510. The molecule has 1 saturated heterocycles. The molecular formula is C8H11N3O7. The van der Waals surface area contributed by atoms with Gasteiger partial charge in [-0.25, -0.2) is 0 Å². The van der Waals surface area contributed by atoms with Crippen molar-refractivity contribution < 1.29 is 29.8 Å². The first kappa shape index (κ1) is 12.7. The van der Waals surface area contributed by atoms with Crippen LogP contribution >= 0.6 is 0 Å². The van der Waals surface area contributed by atoms with Crippen LogP contribution < -0.4 is 4.84 Å². The molecule has 0 saturated carbocycles. The Morgan fingerprint density at radius 1 is 1.56 bits per heavy atom. The van der Waals surface area contributed by atoms with Gasteiger partial charge in [0, 0.05) is 0 Å². The zero-order valence-electron chi connectivity index (χ0n) is 8.99. The van der Waals surface area contributed by atoms with Gasteiger partial charge in [-0.2, -0.15) is 0 Å². The van der Waals surface area contributed by atoms with Crippen LogP contribution in [0.2, 0.25) is 0 Å². The number of hydrogen-bond acceptors (Lipinski definition) is 8. The molecule has 10 nitrogen and oxygen atoms in total. The van der Waals surface area contributed by atoms with E-state index >= 15 is 0 Å². The molecule has 0 radical (unpaired) electrons. The lowest BCUT2D eigenvalue weighted by Gasteiger charge is -2.13. The van der Waals surface area contributed by atoms with Gasteiger partial charge >= 0.3 is 5.95 Å². The maximum Gasteiger partial charge on any atom is 0.471 e. The van der Waals surface area contributed by atoms with Crippen molar-refractivity contribution in [1.29, 1.82) is 0 Å². The molecule has 0 unspecified atom stereocenters. The van der Waals surface area contributed by atoms with E-state index in [1.807, 2.05) is 0 Å². The number of imidazole rings is 1. The standard InChI is InChI=1S/C8H11N3O7/c12-3-4-5(13)6(14)7(17-4)18-10-2-1-9-8(10)11(15)16/h1-2,4-7,12-14H,3H2/t4-,5-,6+,7+/m1/s1. The van der Waals surface area contributed by atoms with Crippen LogP contribution in [0.4, 0.5) is 5.95 Å². The highest BCUT2D eigenvalue weighted by Gasteiger charge is 2.45. The van der Waals surface area contributed by atoms with Crippen LogP contribution in [-0.2, 0) is 4.74 Å². The van der Waals surface area contributed by atoms with Crippen LogP contribution in [-0.4, -0.2) is 61.2 Å². The molecule has 100 valence electrons. The van der Waals surface area contributed by atoms with Gasteiger partial charge in [-0.3, -0.25) is 0 Å². The Kier molecular flexibility index (Phi) is 3.43. The third-order valence-electron chi connectivity index (χ3n) is 2.47. The predicted octanol–water partition coefficient (Wildman–Crippen LogP) is -2.34. The number of nitro groups is 1. The summed E-state index contributed by atoms with van der Waals surface area (Å²) in [6.07, 6.45) is -2.80. The fourth-order valence-corrected chi connectivity index (χ4v) is 1.56. The minimum Gasteiger partial charge on any atom is -0.394 e. The second-order valence-corrected chi connectivity index (χ2v) is 3.62. The van der Waals surface area contributed by atoms with E-state index in [1.54, 1.807) is 0 Å². The number of rotatable bonds is 4. The fourth-order valence-electron chi connectivity index (χ4n) is 1.56. The summed E-state index contributed by atoms with van der Waals surface area (Å²) in [5, 5.41) is 38.5. The van der Waals surface area contributed by atoms with Crippen molar-refractivity contribution in [3.05, 3.63) is 22.5 Å². The summed E-state index contributed by atoms with van der Waals surface area (Å²) in [7, 11) is 0. The van der Waals surface area contributed by atoms with E-state index in [0.29, 0.717) is 4.73 Å². The average Bonchev–Trinajstić information content (AvgIpc) is 2.89. The van der Waals surface area contributed by atoms with E-state index in [4.69, 9.17) is 14.7 Å². The first-order valence-electron chi connectivity index (χ1n) is 5.02. The molecule has 1 aliphatic heterocycles. The molecule has 18 heavy (non-hydrogen) atoms. The normalized spacial score (nSPS) is 31.5. The highest BCUT2D eigenvalue weighted by molar-refractivity contribution is 5.04. The summed E-state index contributed by atoms with van der Waals surface area (Å²) >= 11 is 0. The van der Waals surface area contributed by atoms with Gasteiger partial charge in [0.25, 0.3) is 6.29 Å². The molecule has 1 aromatic rings. The number of aliphatic hydroxyl groups excluding tert-OH is 3. The third-order valence-corrected chi connectivity index (χ3v) is 2.47. The number of hydrogen-bond donors (Lipinski definition) is 3. The van der Waals surface area contributed by atoms with Crippen molar-refractivity contribution in [1.82, 2.24) is 9.71 Å². The van der Waals surface area contributed by atoms with Gasteiger partial charge in [-0.15, -0.1) is 0 Å². The molecule has 1 fully saturated rings. The molecule has 3 N–H and O–H groups in total. The van der Waals surface area contributed by atoms with Crippen LogP contribution in [0.25, 0.3) is 0 Å². The van der Waals surface area contributed by atoms with Crippen molar-refractivity contribution in [3.63, 3.8) is 0 Å². The Morgan fingerprint density at radius 3 is 2.83 bits per heavy atom. The summed E-state index contributed by atoms with van der Waals surface area (Å²) in [5.74, 6) is -0.590. The number of aromatic nitrogens is 2. The molecule has 0 aromatic carbocycles. The van der Waals surface area contributed by atoms with Crippen LogP contribution in [0.3, 0.4) is 0 Å². The van der Waals surface area contributed by atoms with Gasteiger partial charge in [-0.05, 0) is 9.65 Å². The van der Waals surface area contributed by atoms with Crippen LogP contribution in [0.1, 0.15) is 0 Å². The first-order chi connectivity index (χ1) is 8.54. The quantitative estimate of drug-likeness (QED) is 0.404. The molecule has 2 heterocycles. The van der Waals surface area contributed by atoms with E-state index < -0.39 is 42.1 Å². The zero-order chi connectivity index (χ0) is 13.3. The van der Waals surface area contributed by atoms with E-state index in [9.17, 15) is 20.3 Å². The third kappa shape index (κ3) is 2.13. The number of nitrogens with zero attached hydrogens (tertiary/aromatic N) is 3. The number of aliphatic hydroxyl groups is 3. The van der Waals surface area contributed by atoms with Crippen molar-refractivity contribution >= 4 is 5.95 Å². The van der Waals surface area contributed by atoms with Crippen LogP contribution in [0.15, 0.2) is 12.4 Å². The van der Waals surface area contributed by atoms with Gasteiger partial charge < -0.3 is 35.0 Å². The molecule has 0 amide bonds. The Labute approximate surface area is 100 Å². The van der Waals surface area contributed by atoms with E-state index in [2.05, 4.69) is 4.98 Å². The smallest absolute Gasteiger partial charge is 0.394 e. The molecule has 0 spiro atoms. The number of ether oxygens (including phenoxy) is 1. The van der Waals surface area contributed by atoms with Gasteiger partial charge in [0.15, 0.2) is 0 Å². The lowest BCUT2D eigenvalue weighted by molar-refractivity contribution is -0.404. The van der Waals surface area contributed by atoms with Gasteiger partial charge in [0.05, 0.1) is 6.61 Å². The Bertz CT molecular complexity index is 436. The highest BCUT2D eigenvalue weighted by Crippen LogP contribution is 2.21. The summed E-state index contributed by atoms with van der Waals surface area (Å²) in [5.41, 5.74) is 0. The largest absolute Gasteiger partial charge is 0.471 e. The van der Waals surface area contributed by atoms with E-state index in [-0.39, 0.29) is 0 Å². The maximum absolute atomic E-state index is 10.6. The van der Waals surface area contributed by atoms with Crippen molar-refractivity contribution in [2.45, 2.75) is 24.6 Å². The molecule has 0 bridgehead atoms. The molecule has 10 heteroatoms. The summed E-state index contributed by atoms with van der Waals surface area (Å²) in [4.78, 5) is 18.2. The second kappa shape index (κ2) is 4.86. The molecule has 1 aliphatic rings. The fraction of sp³-hybridized carbons (Fsp3) is 0.625. The SMILES string of the molecule is O=[N+]([O-])c1nccn1O[C@@H]1O[C@H](CO)[C@@H](O)[C@@H]1O. The Morgan fingerprint density at radius 2 is 2.28 bits per heavy atom. The minimum atomic E-state index is -1.43. The lowest BCUT2D eigenvalue weighted by atomic mass is 10.1. The maximum atomic E-state index is 10.6. The van der Waals surface area contributed by atoms with Crippen molar-refractivity contribution in [2.75, 3.05) is 6.61 Å². The lowest BCUT2D eigenvalue weighted by Crippen LogP contribution is -2.38. The molecular weight excluding hydrogens is 250 g/mol. The van der Waals surface area contributed by atoms with Crippen LogP contribution in [0, 0.1) is 10.1 Å². The van der Waals surface area contributed by atoms with Gasteiger partial charge in [0.2, 0.25) is 0 Å². The van der Waals surface area contributed by atoms with Gasteiger partial charge in [-0.1, -0.05) is 4.98 Å². The molecule has 0 aliphatic carbocycles. The average molecular weight is 261 g/mol. The topological polar surface area (TPSA) is 140 Å². The zero-order valence-corrected chi connectivity index (χ0v) is 8.99. The van der Waals surface area contributed by atoms with Crippen molar-refractivity contribution in [3.8, 4) is 0 Å². The monoisotopic (exact) mass is 261 g/mol. The highest BCUT2D eigenvalue weighted by atomic mass is 16.8. The second-order valence-electron chi connectivity index (χ2n) is 3.62. The molecule has 4 atom stereocenters. The molecule has 1 aromatic heterocycles. The van der Waals surface area contributed by atoms with Gasteiger partial charge in [0.1, 0.15) is 30.7 Å². The van der Waals surface area contributed by atoms with Crippen molar-refractivity contribution in [2.24, 2.45) is 0 Å². The Balaban J connectivity index is 2.10. The summed E-state index contributed by atoms with van der Waals surface area (Å²) in [6.45, 7) is -0.510. The first-order valence-corrected chi connectivity index (χ1v) is 5.02. The van der Waals surface area contributed by atoms with Crippen LogP contribution in [0.5, 0.6) is 0 Å².